The van der Waals surface area contributed by atoms with Crippen molar-refractivity contribution in [3.8, 4) is 0 Å². The van der Waals surface area contributed by atoms with E-state index in [2.05, 4.69) is 0 Å². The molecule has 5 heteroatoms. The Balaban J connectivity index is 0.000000162. The van der Waals surface area contributed by atoms with Gasteiger partial charge in [0.15, 0.2) is 0 Å². The zero-order chi connectivity index (χ0) is 8.04. The Labute approximate surface area is 60.8 Å². The van der Waals surface area contributed by atoms with Gasteiger partial charge in [0.1, 0.15) is 0 Å². The first-order valence-electron chi connectivity index (χ1n) is 3.20. The summed E-state index contributed by atoms with van der Waals surface area (Å²) in [5.74, 6) is 0. The van der Waals surface area contributed by atoms with Gasteiger partial charge in [-0.1, -0.05) is 32.1 Å². The summed E-state index contributed by atoms with van der Waals surface area (Å²) >= 11 is 0. The molecule has 1 aliphatic rings. The minimum absolute atomic E-state index is 1.50. The zero-order valence-corrected chi connectivity index (χ0v) is 6.47. The van der Waals surface area contributed by atoms with E-state index in [4.69, 9.17) is 17.5 Å². The molecule has 10 heavy (non-hydrogen) atoms. The lowest BCUT2D eigenvalue weighted by atomic mass is 10.4. The van der Waals surface area contributed by atoms with Crippen molar-refractivity contribution in [1.82, 2.24) is 0 Å². The van der Waals surface area contributed by atoms with Gasteiger partial charge in [-0.05, 0) is 0 Å². The third kappa shape index (κ3) is 15.7. The topological polar surface area (TPSA) is 74.6 Å². The van der Waals surface area contributed by atoms with E-state index in [0.717, 1.165) is 0 Å². The summed E-state index contributed by atoms with van der Waals surface area (Å²) in [4.78, 5) is 0. The summed E-state index contributed by atoms with van der Waals surface area (Å²) < 4.78 is 31.6. The van der Waals surface area contributed by atoms with E-state index >= 15 is 0 Å². The van der Waals surface area contributed by atoms with Crippen LogP contribution >= 0.6 is 0 Å². The second-order valence-corrected chi connectivity index (χ2v) is 3.11. The number of hydrogen-bond donors (Lipinski definition) is 2. The van der Waals surface area contributed by atoms with Gasteiger partial charge < -0.3 is 0 Å². The molecule has 2 N–H and O–H groups in total. The average molecular weight is 168 g/mol. The van der Waals surface area contributed by atoms with Crippen molar-refractivity contribution >= 4 is 10.4 Å². The van der Waals surface area contributed by atoms with Crippen LogP contribution in [0.1, 0.15) is 32.1 Å². The van der Waals surface area contributed by atoms with Crippen molar-refractivity contribution in [2.24, 2.45) is 0 Å². The molecule has 0 aromatic carbocycles. The molecule has 1 fully saturated rings. The van der Waals surface area contributed by atoms with E-state index < -0.39 is 10.4 Å². The average Bonchev–Trinajstić information content (AvgIpc) is 2.07. The molecule has 0 atom stereocenters. The molecule has 0 heterocycles. The Kier molecular flexibility index (Phi) is 4.59. The maximum Gasteiger partial charge on any atom is 0.394 e. The summed E-state index contributed by atoms with van der Waals surface area (Å²) in [7, 11) is -4.67. The molecule has 0 amide bonds. The highest BCUT2D eigenvalue weighted by Gasteiger charge is 1.95. The molecule has 0 saturated heterocycles. The first kappa shape index (κ1) is 9.87. The van der Waals surface area contributed by atoms with E-state index in [-0.39, 0.29) is 0 Å². The standard InChI is InChI=1S/C5H10.H2O4S/c1-2-4-5-3-1;1-5(2,3)4/h1-5H2;(H2,1,2,3,4). The van der Waals surface area contributed by atoms with E-state index in [1.807, 2.05) is 0 Å². The Morgan fingerprint density at radius 1 is 0.800 bits per heavy atom. The van der Waals surface area contributed by atoms with Crippen LogP contribution in [0.3, 0.4) is 0 Å². The molecule has 0 aliphatic heterocycles. The fourth-order valence-electron chi connectivity index (χ4n) is 0.884. The fourth-order valence-corrected chi connectivity index (χ4v) is 0.884. The minimum Gasteiger partial charge on any atom is -0.264 e. The second-order valence-electron chi connectivity index (χ2n) is 2.22. The lowest BCUT2D eigenvalue weighted by Gasteiger charge is -1.68. The molecule has 1 rings (SSSR count). The third-order valence-corrected chi connectivity index (χ3v) is 1.25. The summed E-state index contributed by atoms with van der Waals surface area (Å²) in [6.45, 7) is 0. The highest BCUT2D eigenvalue weighted by molar-refractivity contribution is 7.79. The van der Waals surface area contributed by atoms with Gasteiger partial charge in [-0.2, -0.15) is 8.42 Å². The Morgan fingerprint density at radius 3 is 1.00 bits per heavy atom. The maximum absolute atomic E-state index is 8.74. The monoisotopic (exact) mass is 168 g/mol. The van der Waals surface area contributed by atoms with Gasteiger partial charge in [0.2, 0.25) is 0 Å². The van der Waals surface area contributed by atoms with Gasteiger partial charge in [-0.15, -0.1) is 0 Å². The van der Waals surface area contributed by atoms with Crippen LogP contribution in [0.5, 0.6) is 0 Å². The minimum atomic E-state index is -4.67. The van der Waals surface area contributed by atoms with Crippen LogP contribution in [0, 0.1) is 0 Å². The maximum atomic E-state index is 8.74. The first-order valence-corrected chi connectivity index (χ1v) is 4.60. The van der Waals surface area contributed by atoms with Crippen molar-refractivity contribution in [3.05, 3.63) is 0 Å². The highest BCUT2D eigenvalue weighted by atomic mass is 32.3. The van der Waals surface area contributed by atoms with Crippen molar-refractivity contribution in [2.75, 3.05) is 0 Å². The summed E-state index contributed by atoms with van der Waals surface area (Å²) in [5.41, 5.74) is 0. The molecular formula is C5H12O4S. The lowest BCUT2D eigenvalue weighted by Crippen LogP contribution is -1.89. The van der Waals surface area contributed by atoms with Crippen LogP contribution in [-0.2, 0) is 10.4 Å². The van der Waals surface area contributed by atoms with E-state index in [1.165, 1.54) is 32.1 Å². The van der Waals surface area contributed by atoms with Gasteiger partial charge in [0.25, 0.3) is 0 Å². The summed E-state index contributed by atoms with van der Waals surface area (Å²) in [6.07, 6.45) is 7.50. The third-order valence-electron chi connectivity index (χ3n) is 1.25. The Bertz CT molecular complexity index is 141. The smallest absolute Gasteiger partial charge is 0.264 e. The van der Waals surface area contributed by atoms with Gasteiger partial charge in [-0.3, -0.25) is 9.11 Å². The molecule has 0 bridgehead atoms. The van der Waals surface area contributed by atoms with E-state index in [1.54, 1.807) is 0 Å². The molecule has 4 nitrogen and oxygen atoms in total. The predicted octanol–water partition coefficient (Wildman–Crippen LogP) is 1.30. The van der Waals surface area contributed by atoms with Crippen molar-refractivity contribution in [3.63, 3.8) is 0 Å². The predicted molar refractivity (Wildman–Crippen MR) is 37.3 cm³/mol. The van der Waals surface area contributed by atoms with Crippen LogP contribution in [0.15, 0.2) is 0 Å². The summed E-state index contributed by atoms with van der Waals surface area (Å²) in [6, 6.07) is 0. The van der Waals surface area contributed by atoms with Gasteiger partial charge in [0, 0.05) is 0 Å². The normalized spacial score (nSPS) is 17.8. The number of hydrogen-bond acceptors (Lipinski definition) is 2. The molecule has 1 saturated carbocycles. The van der Waals surface area contributed by atoms with Crippen LogP contribution in [-0.4, -0.2) is 17.5 Å². The Hall–Kier alpha value is -0.130. The van der Waals surface area contributed by atoms with Crippen molar-refractivity contribution in [1.29, 1.82) is 0 Å². The van der Waals surface area contributed by atoms with Crippen LogP contribution in [0.4, 0.5) is 0 Å². The molecule has 62 valence electrons. The van der Waals surface area contributed by atoms with Crippen molar-refractivity contribution < 1.29 is 17.5 Å². The zero-order valence-electron chi connectivity index (χ0n) is 5.65. The highest BCUT2D eigenvalue weighted by Crippen LogP contribution is 2.15. The molecule has 0 unspecified atom stereocenters. The Morgan fingerprint density at radius 2 is 0.900 bits per heavy atom. The number of rotatable bonds is 0. The SMILES string of the molecule is C1CCCC1.O=S(=O)(O)O. The molecule has 0 spiro atoms. The quantitative estimate of drug-likeness (QED) is 0.534. The summed E-state index contributed by atoms with van der Waals surface area (Å²) in [5, 5.41) is 0. The lowest BCUT2D eigenvalue weighted by molar-refractivity contribution is 0.381. The largest absolute Gasteiger partial charge is 0.394 e. The molecular weight excluding hydrogens is 156 g/mol. The molecule has 0 aromatic heterocycles. The molecule has 1 aliphatic carbocycles. The van der Waals surface area contributed by atoms with Gasteiger partial charge >= 0.3 is 10.4 Å². The van der Waals surface area contributed by atoms with Crippen LogP contribution in [0.25, 0.3) is 0 Å². The van der Waals surface area contributed by atoms with Gasteiger partial charge in [0.05, 0.1) is 0 Å². The first-order chi connectivity index (χ1) is 4.50. The van der Waals surface area contributed by atoms with Gasteiger partial charge in [-0.25, -0.2) is 0 Å². The fraction of sp³-hybridized carbons (Fsp3) is 1.00. The second kappa shape index (κ2) is 4.65. The van der Waals surface area contributed by atoms with E-state index in [0.29, 0.717) is 0 Å². The molecule has 0 aromatic rings. The van der Waals surface area contributed by atoms with Crippen LogP contribution < -0.4 is 0 Å². The van der Waals surface area contributed by atoms with Crippen molar-refractivity contribution in [2.45, 2.75) is 32.1 Å². The van der Waals surface area contributed by atoms with E-state index in [9.17, 15) is 0 Å². The molecule has 0 radical (unpaired) electrons. The van der Waals surface area contributed by atoms with Crippen LogP contribution in [0.2, 0.25) is 0 Å².